The molecule has 0 aromatic carbocycles. The van der Waals surface area contributed by atoms with E-state index in [1.807, 2.05) is 0 Å². The smallest absolute Gasteiger partial charge is 0.249 e. The minimum atomic E-state index is -1.25. The molecule has 1 amide bonds. The molecule has 0 radical (unpaired) electrons. The average Bonchev–Trinajstić information content (AvgIpc) is 3.09. The molecule has 5 N–H and O–H groups in total. The Morgan fingerprint density at radius 2 is 0.833 bits per heavy atom. The Labute approximate surface area is 298 Å². The van der Waals surface area contributed by atoms with Gasteiger partial charge in [0.1, 0.15) is 12.2 Å². The van der Waals surface area contributed by atoms with Crippen LogP contribution in [0.5, 0.6) is 0 Å². The van der Waals surface area contributed by atoms with E-state index in [9.17, 15) is 25.2 Å². The molecule has 0 saturated heterocycles. The van der Waals surface area contributed by atoms with Crippen LogP contribution in [0.3, 0.4) is 0 Å². The largest absolute Gasteiger partial charge is 0.394 e. The number of aliphatic hydroxyl groups excluding tert-OH is 4. The van der Waals surface area contributed by atoms with E-state index < -0.39 is 36.9 Å². The molecule has 286 valence electrons. The number of nitrogens with one attached hydrogen (secondary N) is 1. The Balaban J connectivity index is 3.46. The van der Waals surface area contributed by atoms with E-state index in [1.165, 1.54) is 154 Å². The van der Waals surface area contributed by atoms with Crippen LogP contribution in [-0.2, 0) is 4.79 Å². The van der Waals surface area contributed by atoms with Gasteiger partial charge in [-0.25, -0.2) is 0 Å². The van der Waals surface area contributed by atoms with Crippen LogP contribution in [0, 0.1) is 0 Å². The molecule has 0 spiro atoms. The quantitative estimate of drug-likeness (QED) is 0.0329. The zero-order valence-electron chi connectivity index (χ0n) is 32.0. The van der Waals surface area contributed by atoms with Gasteiger partial charge in [-0.1, -0.05) is 193 Å². The van der Waals surface area contributed by atoms with Crippen molar-refractivity contribution in [2.75, 3.05) is 6.61 Å². The van der Waals surface area contributed by atoms with E-state index in [1.54, 1.807) is 0 Å². The normalized spacial score (nSPS) is 14.4. The fourth-order valence-electron chi connectivity index (χ4n) is 6.57. The third kappa shape index (κ3) is 31.1. The van der Waals surface area contributed by atoms with Crippen molar-refractivity contribution < 1.29 is 25.2 Å². The molecule has 0 heterocycles. The summed E-state index contributed by atoms with van der Waals surface area (Å²) in [4.78, 5) is 12.3. The average molecular weight is 682 g/mol. The number of aliphatic hydroxyl groups is 4. The molecule has 0 aromatic heterocycles. The van der Waals surface area contributed by atoms with Gasteiger partial charge in [-0.15, -0.1) is 0 Å². The highest BCUT2D eigenvalue weighted by molar-refractivity contribution is 5.80. The van der Waals surface area contributed by atoms with Crippen LogP contribution in [0.2, 0.25) is 0 Å². The van der Waals surface area contributed by atoms with Crippen molar-refractivity contribution in [1.29, 1.82) is 0 Å². The first kappa shape index (κ1) is 47.0. The minimum Gasteiger partial charge on any atom is -0.394 e. The molecule has 0 fully saturated rings. The number of allylic oxidation sites excluding steroid dienone is 2. The molecule has 0 aromatic rings. The zero-order valence-corrected chi connectivity index (χ0v) is 32.0. The second kappa shape index (κ2) is 37.3. The molecule has 0 saturated carbocycles. The molecule has 4 unspecified atom stereocenters. The highest BCUT2D eigenvalue weighted by Crippen LogP contribution is 2.16. The first-order valence-electron chi connectivity index (χ1n) is 21.1. The van der Waals surface area contributed by atoms with Gasteiger partial charge >= 0.3 is 0 Å². The second-order valence-electron chi connectivity index (χ2n) is 14.7. The van der Waals surface area contributed by atoms with Crippen LogP contribution < -0.4 is 5.32 Å². The topological polar surface area (TPSA) is 110 Å². The predicted molar refractivity (Wildman–Crippen MR) is 205 cm³/mol. The monoisotopic (exact) mass is 682 g/mol. The van der Waals surface area contributed by atoms with Gasteiger partial charge < -0.3 is 25.7 Å². The van der Waals surface area contributed by atoms with E-state index in [0.717, 1.165) is 38.5 Å². The molecule has 0 aliphatic carbocycles. The number of hydrogen-bond acceptors (Lipinski definition) is 5. The number of carbonyl (C=O) groups is 1. The van der Waals surface area contributed by atoms with Crippen molar-refractivity contribution in [3.63, 3.8) is 0 Å². The first-order valence-corrected chi connectivity index (χ1v) is 21.1. The molecule has 0 aliphatic heterocycles. The Bertz CT molecular complexity index is 687. The fourth-order valence-corrected chi connectivity index (χ4v) is 6.57. The van der Waals surface area contributed by atoms with Crippen LogP contribution in [0.15, 0.2) is 12.2 Å². The third-order valence-corrected chi connectivity index (χ3v) is 9.98. The molecule has 6 nitrogen and oxygen atoms in total. The summed E-state index contributed by atoms with van der Waals surface area (Å²) in [5, 5.41) is 42.7. The number of rotatable bonds is 38. The summed E-state index contributed by atoms with van der Waals surface area (Å²) in [7, 11) is 0. The van der Waals surface area contributed by atoms with Crippen molar-refractivity contribution >= 4 is 5.91 Å². The van der Waals surface area contributed by atoms with Crippen molar-refractivity contribution in [2.45, 2.75) is 244 Å². The minimum absolute atomic E-state index is 0.370. The lowest BCUT2D eigenvalue weighted by molar-refractivity contribution is -0.132. The maximum atomic E-state index is 12.3. The second-order valence-corrected chi connectivity index (χ2v) is 14.7. The van der Waals surface area contributed by atoms with E-state index in [0.29, 0.717) is 12.8 Å². The highest BCUT2D eigenvalue weighted by atomic mass is 16.3. The van der Waals surface area contributed by atoms with E-state index >= 15 is 0 Å². The van der Waals surface area contributed by atoms with E-state index in [-0.39, 0.29) is 0 Å². The first-order chi connectivity index (χ1) is 23.5. The summed E-state index contributed by atoms with van der Waals surface area (Å²) in [6.07, 6.45) is 40.7. The van der Waals surface area contributed by atoms with Crippen LogP contribution in [-0.4, -0.2) is 57.3 Å². The van der Waals surface area contributed by atoms with Gasteiger partial charge in [-0.2, -0.15) is 0 Å². The number of hydrogen-bond donors (Lipinski definition) is 5. The van der Waals surface area contributed by atoms with Crippen LogP contribution >= 0.6 is 0 Å². The number of unbranched alkanes of at least 4 members (excludes halogenated alkanes) is 27. The van der Waals surface area contributed by atoms with E-state index in [2.05, 4.69) is 31.3 Å². The lowest BCUT2D eigenvalue weighted by Crippen LogP contribution is -2.53. The predicted octanol–water partition coefficient (Wildman–Crippen LogP) is 10.6. The lowest BCUT2D eigenvalue weighted by Gasteiger charge is -2.27. The van der Waals surface area contributed by atoms with Crippen molar-refractivity contribution in [3.8, 4) is 0 Å². The van der Waals surface area contributed by atoms with Gasteiger partial charge in [0.05, 0.1) is 18.8 Å². The molecule has 0 aliphatic rings. The molecule has 0 rings (SSSR count). The van der Waals surface area contributed by atoms with Gasteiger partial charge in [0.2, 0.25) is 5.91 Å². The highest BCUT2D eigenvalue weighted by Gasteiger charge is 2.28. The third-order valence-electron chi connectivity index (χ3n) is 9.98. The molecule has 48 heavy (non-hydrogen) atoms. The van der Waals surface area contributed by atoms with Crippen molar-refractivity contribution in [2.24, 2.45) is 0 Å². The maximum absolute atomic E-state index is 12.3. The Morgan fingerprint density at radius 1 is 0.500 bits per heavy atom. The van der Waals surface area contributed by atoms with Gasteiger partial charge in [0.25, 0.3) is 0 Å². The van der Waals surface area contributed by atoms with Gasteiger partial charge in [0, 0.05) is 0 Å². The zero-order chi connectivity index (χ0) is 35.3. The summed E-state index contributed by atoms with van der Waals surface area (Å²) >= 11 is 0. The Hall–Kier alpha value is -0.950. The molecule has 4 atom stereocenters. The van der Waals surface area contributed by atoms with E-state index in [4.69, 9.17) is 0 Å². The van der Waals surface area contributed by atoms with Crippen LogP contribution in [0.4, 0.5) is 0 Å². The Morgan fingerprint density at radius 3 is 1.23 bits per heavy atom. The maximum Gasteiger partial charge on any atom is 0.249 e. The number of amides is 1. The summed E-state index contributed by atoms with van der Waals surface area (Å²) < 4.78 is 0. The standard InChI is InChI=1S/C42H83NO5/c1-3-5-7-8-9-10-11-12-13-14-15-16-17-18-19-20-21-22-23-24-25-26-27-28-29-30-31-32-34-36-40(46)42(48)43-38(37-44)41(47)39(45)35-33-6-4-2/h18-19,38-41,44-47H,3-17,20-37H2,1-2H3,(H,43,48)/b19-18-. The molecular formula is C42H83NO5. The van der Waals surface area contributed by atoms with Gasteiger partial charge in [-0.05, 0) is 38.5 Å². The Kier molecular flexibility index (Phi) is 36.6. The summed E-state index contributed by atoms with van der Waals surface area (Å²) in [6, 6.07) is -0.977. The van der Waals surface area contributed by atoms with Crippen molar-refractivity contribution in [1.82, 2.24) is 5.32 Å². The van der Waals surface area contributed by atoms with Crippen LogP contribution in [0.25, 0.3) is 0 Å². The fraction of sp³-hybridized carbons (Fsp3) is 0.929. The van der Waals surface area contributed by atoms with Gasteiger partial charge in [0.15, 0.2) is 0 Å². The summed E-state index contributed by atoms with van der Waals surface area (Å²) in [5.74, 6) is -0.592. The van der Waals surface area contributed by atoms with Crippen molar-refractivity contribution in [3.05, 3.63) is 12.2 Å². The summed E-state index contributed by atoms with van der Waals surface area (Å²) in [5.41, 5.74) is 0. The van der Waals surface area contributed by atoms with Gasteiger partial charge in [-0.3, -0.25) is 4.79 Å². The SMILES string of the molecule is CCCCCCCCCCCCCC/C=C\CCCCCCCCCCCCCCCC(O)C(=O)NC(CO)C(O)C(O)CCCCC. The molecule has 6 heteroatoms. The lowest BCUT2D eigenvalue weighted by atomic mass is 10.00. The molecule has 0 bridgehead atoms. The number of carbonyl (C=O) groups excluding carboxylic acids is 1. The molecular weight excluding hydrogens is 598 g/mol. The summed E-state index contributed by atoms with van der Waals surface area (Å²) in [6.45, 7) is 3.87. The van der Waals surface area contributed by atoms with Crippen LogP contribution in [0.1, 0.15) is 219 Å².